The molecule has 1 aromatic rings. The number of nitrogens with one attached hydrogen (secondary N) is 1. The van der Waals surface area contributed by atoms with Crippen molar-refractivity contribution in [3.05, 3.63) is 6.33 Å². The number of nitrogens with two attached hydrogens (primary N) is 1. The van der Waals surface area contributed by atoms with E-state index in [1.807, 2.05) is 0 Å². The van der Waals surface area contributed by atoms with Crippen LogP contribution in [0, 0.1) is 0 Å². The first-order valence-electron chi connectivity index (χ1n) is 7.34. The Bertz CT molecular complexity index is 426. The first-order chi connectivity index (χ1) is 9.72. The number of nitrogens with zero attached hydrogens (tertiary/aromatic N) is 3. The second kappa shape index (κ2) is 7.28. The van der Waals surface area contributed by atoms with Gasteiger partial charge in [-0.25, -0.2) is 9.97 Å². The van der Waals surface area contributed by atoms with Crippen LogP contribution in [0.25, 0.3) is 0 Å². The number of aromatic nitrogens is 2. The standard InChI is InChI=1S/C14H25N5O/c1-11-6-3-4-8-19(11)9-5-7-16-14-12(20-2)13(15)17-10-18-14/h10-11H,3-9H2,1-2H3,(H3,15,16,17,18). The Morgan fingerprint density at radius 3 is 3.05 bits per heavy atom. The molecule has 0 aliphatic carbocycles. The number of hydrogen-bond acceptors (Lipinski definition) is 6. The molecule has 6 nitrogen and oxygen atoms in total. The van der Waals surface area contributed by atoms with Crippen molar-refractivity contribution in [2.75, 3.05) is 37.8 Å². The second-order valence-electron chi connectivity index (χ2n) is 5.30. The van der Waals surface area contributed by atoms with Gasteiger partial charge in [0.2, 0.25) is 5.75 Å². The number of likely N-dealkylation sites (tertiary alicyclic amines) is 1. The Labute approximate surface area is 120 Å². The first-order valence-corrected chi connectivity index (χ1v) is 7.34. The summed E-state index contributed by atoms with van der Waals surface area (Å²) in [6, 6.07) is 0.716. The lowest BCUT2D eigenvalue weighted by atomic mass is 10.0. The predicted molar refractivity (Wildman–Crippen MR) is 81.0 cm³/mol. The van der Waals surface area contributed by atoms with Gasteiger partial charge < -0.3 is 20.7 Å². The van der Waals surface area contributed by atoms with Gasteiger partial charge in [-0.15, -0.1) is 0 Å². The van der Waals surface area contributed by atoms with Crippen LogP contribution in [0.1, 0.15) is 32.6 Å². The van der Waals surface area contributed by atoms with Gasteiger partial charge in [0, 0.05) is 19.1 Å². The molecule has 1 aliphatic heterocycles. The van der Waals surface area contributed by atoms with Crippen molar-refractivity contribution >= 4 is 11.6 Å². The van der Waals surface area contributed by atoms with Crippen LogP contribution in [-0.4, -0.2) is 47.7 Å². The number of anilines is 2. The summed E-state index contributed by atoms with van der Waals surface area (Å²) < 4.78 is 5.22. The van der Waals surface area contributed by atoms with Gasteiger partial charge in [-0.05, 0) is 32.7 Å². The Morgan fingerprint density at radius 2 is 2.30 bits per heavy atom. The molecule has 0 radical (unpaired) electrons. The average molecular weight is 279 g/mol. The van der Waals surface area contributed by atoms with Crippen LogP contribution in [0.2, 0.25) is 0 Å². The van der Waals surface area contributed by atoms with Crippen molar-refractivity contribution < 1.29 is 4.74 Å². The van der Waals surface area contributed by atoms with Gasteiger partial charge in [-0.2, -0.15) is 0 Å². The summed E-state index contributed by atoms with van der Waals surface area (Å²) >= 11 is 0. The van der Waals surface area contributed by atoms with Crippen molar-refractivity contribution in [1.82, 2.24) is 14.9 Å². The molecule has 1 atom stereocenters. The zero-order chi connectivity index (χ0) is 14.4. The van der Waals surface area contributed by atoms with Gasteiger partial charge in [0.05, 0.1) is 7.11 Å². The average Bonchev–Trinajstić information content (AvgIpc) is 2.45. The van der Waals surface area contributed by atoms with Crippen LogP contribution >= 0.6 is 0 Å². The van der Waals surface area contributed by atoms with E-state index in [0.717, 1.165) is 19.5 Å². The summed E-state index contributed by atoms with van der Waals surface area (Å²) in [5.74, 6) is 1.57. The van der Waals surface area contributed by atoms with Gasteiger partial charge in [-0.3, -0.25) is 0 Å². The summed E-state index contributed by atoms with van der Waals surface area (Å²) in [5, 5.41) is 3.28. The minimum absolute atomic E-state index is 0.370. The monoisotopic (exact) mass is 279 g/mol. The van der Waals surface area contributed by atoms with Crippen molar-refractivity contribution in [1.29, 1.82) is 0 Å². The molecule has 1 saturated heterocycles. The first kappa shape index (κ1) is 14.8. The maximum atomic E-state index is 5.75. The predicted octanol–water partition coefficient (Wildman–Crippen LogP) is 1.74. The van der Waals surface area contributed by atoms with Crippen LogP contribution in [0.15, 0.2) is 6.33 Å². The van der Waals surface area contributed by atoms with E-state index < -0.39 is 0 Å². The summed E-state index contributed by atoms with van der Waals surface area (Å²) in [7, 11) is 1.58. The second-order valence-corrected chi connectivity index (χ2v) is 5.30. The molecule has 1 aromatic heterocycles. The fraction of sp³-hybridized carbons (Fsp3) is 0.714. The van der Waals surface area contributed by atoms with Crippen LogP contribution in [-0.2, 0) is 0 Å². The third-order valence-corrected chi connectivity index (χ3v) is 3.89. The lowest BCUT2D eigenvalue weighted by molar-refractivity contribution is 0.160. The smallest absolute Gasteiger partial charge is 0.203 e. The van der Waals surface area contributed by atoms with Crippen LogP contribution in [0.4, 0.5) is 11.6 Å². The maximum absolute atomic E-state index is 5.75. The van der Waals surface area contributed by atoms with E-state index in [0.29, 0.717) is 23.4 Å². The van der Waals surface area contributed by atoms with E-state index in [9.17, 15) is 0 Å². The minimum Gasteiger partial charge on any atom is -0.490 e. The normalized spacial score (nSPS) is 19.8. The molecule has 112 valence electrons. The van der Waals surface area contributed by atoms with Gasteiger partial charge in [0.25, 0.3) is 0 Å². The molecule has 3 N–H and O–H groups in total. The van der Waals surface area contributed by atoms with Gasteiger partial charge >= 0.3 is 0 Å². The topological polar surface area (TPSA) is 76.3 Å². The highest BCUT2D eigenvalue weighted by atomic mass is 16.5. The molecule has 0 saturated carbocycles. The number of nitrogen functional groups attached to an aromatic ring is 1. The number of rotatable bonds is 6. The van der Waals surface area contributed by atoms with Crippen molar-refractivity contribution in [2.45, 2.75) is 38.6 Å². The molecule has 1 unspecified atom stereocenters. The Balaban J connectivity index is 1.77. The van der Waals surface area contributed by atoms with Gasteiger partial charge in [0.1, 0.15) is 6.33 Å². The molecule has 2 heterocycles. The number of piperidine rings is 1. The Kier molecular flexibility index (Phi) is 5.40. The molecule has 20 heavy (non-hydrogen) atoms. The molecule has 1 fully saturated rings. The molecule has 2 rings (SSSR count). The van der Waals surface area contributed by atoms with Crippen LogP contribution in [0.5, 0.6) is 5.75 Å². The lowest BCUT2D eigenvalue weighted by Gasteiger charge is -2.33. The van der Waals surface area contributed by atoms with Crippen LogP contribution in [0.3, 0.4) is 0 Å². The van der Waals surface area contributed by atoms with Crippen LogP contribution < -0.4 is 15.8 Å². The summed E-state index contributed by atoms with van der Waals surface area (Å²) in [6.07, 6.45) is 6.55. The Morgan fingerprint density at radius 1 is 1.45 bits per heavy atom. The highest BCUT2D eigenvalue weighted by Crippen LogP contribution is 2.26. The van der Waals surface area contributed by atoms with Crippen molar-refractivity contribution in [3.63, 3.8) is 0 Å². The number of hydrogen-bond donors (Lipinski definition) is 2. The fourth-order valence-electron chi connectivity index (χ4n) is 2.69. The molecular formula is C14H25N5O. The molecule has 0 bridgehead atoms. The van der Waals surface area contributed by atoms with E-state index in [2.05, 4.69) is 27.1 Å². The van der Waals surface area contributed by atoms with E-state index in [4.69, 9.17) is 10.5 Å². The molecule has 0 aromatic carbocycles. The van der Waals surface area contributed by atoms with Crippen molar-refractivity contribution in [2.24, 2.45) is 0 Å². The molecule has 0 spiro atoms. The van der Waals surface area contributed by atoms with E-state index in [1.54, 1.807) is 7.11 Å². The SMILES string of the molecule is COc1c(N)ncnc1NCCCN1CCCCC1C. The highest BCUT2D eigenvalue weighted by Gasteiger charge is 2.17. The minimum atomic E-state index is 0.370. The number of methoxy groups -OCH3 is 1. The maximum Gasteiger partial charge on any atom is 0.203 e. The molecule has 6 heteroatoms. The Hall–Kier alpha value is -1.56. The van der Waals surface area contributed by atoms with Gasteiger partial charge in [-0.1, -0.05) is 6.42 Å². The molecular weight excluding hydrogens is 254 g/mol. The fourth-order valence-corrected chi connectivity index (χ4v) is 2.69. The third kappa shape index (κ3) is 3.72. The zero-order valence-electron chi connectivity index (χ0n) is 12.4. The molecule has 0 amide bonds. The van der Waals surface area contributed by atoms with E-state index in [1.165, 1.54) is 32.1 Å². The van der Waals surface area contributed by atoms with E-state index in [-0.39, 0.29) is 0 Å². The van der Waals surface area contributed by atoms with Crippen molar-refractivity contribution in [3.8, 4) is 5.75 Å². The number of ether oxygens (including phenoxy) is 1. The quantitative estimate of drug-likeness (QED) is 0.773. The largest absolute Gasteiger partial charge is 0.490 e. The third-order valence-electron chi connectivity index (χ3n) is 3.89. The summed E-state index contributed by atoms with van der Waals surface area (Å²) in [4.78, 5) is 10.7. The molecule has 1 aliphatic rings. The van der Waals surface area contributed by atoms with E-state index >= 15 is 0 Å². The lowest BCUT2D eigenvalue weighted by Crippen LogP contribution is -2.38. The zero-order valence-corrected chi connectivity index (χ0v) is 12.4. The highest BCUT2D eigenvalue weighted by molar-refractivity contribution is 5.61. The summed E-state index contributed by atoms with van der Waals surface area (Å²) in [6.45, 7) is 5.53. The summed E-state index contributed by atoms with van der Waals surface area (Å²) in [5.41, 5.74) is 5.75. The van der Waals surface area contributed by atoms with Gasteiger partial charge in [0.15, 0.2) is 11.6 Å².